The Kier molecular flexibility index (Phi) is 7.89. The van der Waals surface area contributed by atoms with Gasteiger partial charge in [-0.3, -0.25) is 4.55 Å². The van der Waals surface area contributed by atoms with E-state index in [-0.39, 0.29) is 5.75 Å². The third kappa shape index (κ3) is 9.63. The molecule has 0 aromatic rings. The lowest BCUT2D eigenvalue weighted by molar-refractivity contribution is -0.132. The van der Waals surface area contributed by atoms with Crippen molar-refractivity contribution < 1.29 is 22.9 Å². The highest BCUT2D eigenvalue weighted by Crippen LogP contribution is 2.17. The van der Waals surface area contributed by atoms with E-state index in [2.05, 4.69) is 0 Å². The summed E-state index contributed by atoms with van der Waals surface area (Å²) in [4.78, 5) is 12.9. The van der Waals surface area contributed by atoms with Crippen LogP contribution in [0.1, 0.15) is 32.6 Å². The summed E-state index contributed by atoms with van der Waals surface area (Å²) in [5.74, 6) is -1.22. The summed E-state index contributed by atoms with van der Waals surface area (Å²) >= 11 is 0. The van der Waals surface area contributed by atoms with Gasteiger partial charge in [0.2, 0.25) is 0 Å². The van der Waals surface area contributed by atoms with Crippen molar-refractivity contribution in [2.24, 2.45) is 0 Å². The first kappa shape index (κ1) is 18.1. The molecule has 0 aromatic carbocycles. The molecule has 0 unspecified atom stereocenters. The molecule has 0 rings (SSSR count). The molecule has 0 aliphatic heterocycles. The minimum absolute atomic E-state index is 0.278. The summed E-state index contributed by atoms with van der Waals surface area (Å²) < 4.78 is 29.8. The van der Waals surface area contributed by atoms with E-state index >= 15 is 0 Å². The number of carboxylic acid groups (broad SMARTS) is 1. The van der Waals surface area contributed by atoms with Gasteiger partial charge in [0.25, 0.3) is 10.1 Å². The maximum atomic E-state index is 11.0. The third-order valence-corrected chi connectivity index (χ3v) is 3.65. The number of nitrogens with zero attached hydrogens (tertiary/aromatic N) is 1. The van der Waals surface area contributed by atoms with E-state index in [1.165, 1.54) is 0 Å². The van der Waals surface area contributed by atoms with E-state index in [4.69, 9.17) is 9.66 Å². The lowest BCUT2D eigenvalue weighted by atomic mass is 10.00. The number of hydrogen-bond donors (Lipinski definition) is 2. The van der Waals surface area contributed by atoms with Crippen molar-refractivity contribution in [3.63, 3.8) is 0 Å². The topological polar surface area (TPSA) is 94.9 Å². The number of carboxylic acids is 1. The van der Waals surface area contributed by atoms with Crippen LogP contribution in [-0.4, -0.2) is 55.3 Å². The Morgan fingerprint density at radius 2 is 1.74 bits per heavy atom. The number of rotatable bonds is 9. The van der Waals surface area contributed by atoms with Crippen LogP contribution in [0.3, 0.4) is 0 Å². The first-order chi connectivity index (χ1) is 8.63. The number of aliphatic carboxylic acids is 1. The average molecular weight is 293 g/mol. The molecule has 0 heterocycles. The second-order valence-electron chi connectivity index (χ2n) is 4.83. The van der Waals surface area contributed by atoms with Gasteiger partial charge in [-0.15, -0.1) is 0 Å². The van der Waals surface area contributed by atoms with Crippen molar-refractivity contribution in [1.29, 1.82) is 0 Å². The van der Waals surface area contributed by atoms with Crippen molar-refractivity contribution in [3.8, 4) is 0 Å². The molecule has 112 valence electrons. The molecule has 0 saturated carbocycles. The van der Waals surface area contributed by atoms with Gasteiger partial charge >= 0.3 is 5.97 Å². The molecule has 0 aliphatic rings. The quantitative estimate of drug-likeness (QED) is 0.379. The van der Waals surface area contributed by atoms with Crippen molar-refractivity contribution >= 4 is 16.1 Å². The monoisotopic (exact) mass is 293 g/mol. The van der Waals surface area contributed by atoms with Crippen LogP contribution in [0.4, 0.5) is 0 Å². The van der Waals surface area contributed by atoms with Gasteiger partial charge < -0.3 is 10.0 Å². The SMILES string of the molecule is CC(C(=O)O)=C(CCCCS(=O)(=O)O)CCN(C)C. The zero-order valence-corrected chi connectivity index (χ0v) is 12.5. The van der Waals surface area contributed by atoms with Gasteiger partial charge in [0.1, 0.15) is 0 Å². The first-order valence-electron chi connectivity index (χ1n) is 6.15. The number of carbonyl (C=O) groups is 1. The highest BCUT2D eigenvalue weighted by molar-refractivity contribution is 7.85. The Morgan fingerprint density at radius 3 is 2.16 bits per heavy atom. The fourth-order valence-electron chi connectivity index (χ4n) is 1.63. The van der Waals surface area contributed by atoms with E-state index in [0.29, 0.717) is 31.3 Å². The Hall–Kier alpha value is -0.920. The normalized spacial score (nSPS) is 13.5. The van der Waals surface area contributed by atoms with E-state index in [1.54, 1.807) is 6.92 Å². The maximum absolute atomic E-state index is 11.0. The maximum Gasteiger partial charge on any atom is 0.331 e. The summed E-state index contributed by atoms with van der Waals surface area (Å²) in [6.45, 7) is 2.31. The van der Waals surface area contributed by atoms with Crippen molar-refractivity contribution in [2.45, 2.75) is 32.6 Å². The molecule has 7 heteroatoms. The molecule has 0 saturated heterocycles. The van der Waals surface area contributed by atoms with Crippen LogP contribution in [-0.2, 0) is 14.9 Å². The minimum atomic E-state index is -3.92. The van der Waals surface area contributed by atoms with Crippen molar-refractivity contribution in [1.82, 2.24) is 4.90 Å². The standard InChI is InChI=1S/C12H23NO5S/c1-10(12(14)15)11(7-8-13(2)3)6-4-5-9-19(16,17)18/h4-9H2,1-3H3,(H,14,15)(H,16,17,18). The minimum Gasteiger partial charge on any atom is -0.478 e. The van der Waals surface area contributed by atoms with Crippen LogP contribution < -0.4 is 0 Å². The van der Waals surface area contributed by atoms with E-state index in [1.807, 2.05) is 19.0 Å². The highest BCUT2D eigenvalue weighted by atomic mass is 32.2. The summed E-state index contributed by atoms with van der Waals surface area (Å²) in [5.41, 5.74) is 1.16. The van der Waals surface area contributed by atoms with Gasteiger partial charge in [0.05, 0.1) is 5.75 Å². The Labute approximate surface area is 114 Å². The van der Waals surface area contributed by atoms with E-state index in [9.17, 15) is 13.2 Å². The molecule has 0 amide bonds. The number of hydrogen-bond acceptors (Lipinski definition) is 4. The van der Waals surface area contributed by atoms with Crippen LogP contribution >= 0.6 is 0 Å². The third-order valence-electron chi connectivity index (χ3n) is 2.84. The first-order valence-corrected chi connectivity index (χ1v) is 7.76. The predicted molar refractivity (Wildman–Crippen MR) is 73.8 cm³/mol. The zero-order chi connectivity index (χ0) is 15.1. The molecule has 0 radical (unpaired) electrons. The lowest BCUT2D eigenvalue weighted by Crippen LogP contribution is -2.15. The van der Waals surface area contributed by atoms with Gasteiger partial charge in [-0.2, -0.15) is 8.42 Å². The molecular formula is C12H23NO5S. The summed E-state index contributed by atoms with van der Waals surface area (Å²) in [7, 11) is -0.107. The zero-order valence-electron chi connectivity index (χ0n) is 11.7. The van der Waals surface area contributed by atoms with E-state index in [0.717, 1.165) is 12.1 Å². The molecule has 0 atom stereocenters. The van der Waals surface area contributed by atoms with Gasteiger partial charge in [0.15, 0.2) is 0 Å². The second kappa shape index (κ2) is 8.29. The summed E-state index contributed by atoms with van der Waals surface area (Å²) in [5, 5.41) is 9.00. The fraction of sp³-hybridized carbons (Fsp3) is 0.750. The van der Waals surface area contributed by atoms with Gasteiger partial charge in [-0.25, -0.2) is 4.79 Å². The lowest BCUT2D eigenvalue weighted by Gasteiger charge is -2.14. The Morgan fingerprint density at radius 1 is 1.16 bits per heavy atom. The van der Waals surface area contributed by atoms with Crippen LogP contribution in [0.5, 0.6) is 0 Å². The molecule has 19 heavy (non-hydrogen) atoms. The van der Waals surface area contributed by atoms with Gasteiger partial charge in [0, 0.05) is 12.1 Å². The number of unbranched alkanes of at least 4 members (excludes halogenated alkanes) is 1. The van der Waals surface area contributed by atoms with Crippen LogP contribution in [0.15, 0.2) is 11.1 Å². The van der Waals surface area contributed by atoms with Gasteiger partial charge in [-0.1, -0.05) is 5.57 Å². The molecule has 2 N–H and O–H groups in total. The van der Waals surface area contributed by atoms with Crippen LogP contribution in [0, 0.1) is 0 Å². The summed E-state index contributed by atoms with van der Waals surface area (Å²) in [6, 6.07) is 0. The molecule has 6 nitrogen and oxygen atoms in total. The highest BCUT2D eigenvalue weighted by Gasteiger charge is 2.11. The smallest absolute Gasteiger partial charge is 0.331 e. The van der Waals surface area contributed by atoms with Crippen molar-refractivity contribution in [2.75, 3.05) is 26.4 Å². The molecule has 0 aliphatic carbocycles. The molecule has 0 aromatic heterocycles. The van der Waals surface area contributed by atoms with Gasteiger partial charge in [-0.05, 0) is 46.7 Å². The Balaban J connectivity index is 4.44. The van der Waals surface area contributed by atoms with Crippen LogP contribution in [0.2, 0.25) is 0 Å². The summed E-state index contributed by atoms with van der Waals surface area (Å²) in [6.07, 6.45) is 2.07. The van der Waals surface area contributed by atoms with Crippen molar-refractivity contribution in [3.05, 3.63) is 11.1 Å². The molecule has 0 bridgehead atoms. The van der Waals surface area contributed by atoms with E-state index < -0.39 is 16.1 Å². The largest absolute Gasteiger partial charge is 0.478 e. The Bertz CT molecular complexity index is 425. The molecule has 0 fully saturated rings. The molecular weight excluding hydrogens is 270 g/mol. The average Bonchev–Trinajstić information content (AvgIpc) is 2.25. The molecule has 0 spiro atoms. The van der Waals surface area contributed by atoms with Crippen LogP contribution in [0.25, 0.3) is 0 Å². The predicted octanol–water partition coefficient (Wildman–Crippen LogP) is 1.40. The fourth-order valence-corrected chi connectivity index (χ4v) is 2.20. The second-order valence-corrected chi connectivity index (χ2v) is 6.40.